The maximum atomic E-state index is 13.3. The van der Waals surface area contributed by atoms with Crippen LogP contribution in [0.15, 0.2) is 24.3 Å². The van der Waals surface area contributed by atoms with Gasteiger partial charge in [0.2, 0.25) is 11.8 Å². The summed E-state index contributed by atoms with van der Waals surface area (Å²) < 4.78 is 0. The molecule has 6 nitrogen and oxygen atoms in total. The van der Waals surface area contributed by atoms with Crippen molar-refractivity contribution in [2.24, 2.45) is 23.7 Å². The maximum Gasteiger partial charge on any atom is 0.308 e. The number of aliphatic carboxylic acids is 1. The van der Waals surface area contributed by atoms with Gasteiger partial charge in [-0.2, -0.15) is 0 Å². The van der Waals surface area contributed by atoms with Crippen molar-refractivity contribution >= 4 is 29.4 Å². The molecule has 4 rings (SSSR count). The van der Waals surface area contributed by atoms with Gasteiger partial charge in [0, 0.05) is 31.6 Å². The van der Waals surface area contributed by atoms with Crippen LogP contribution in [0.4, 0.5) is 0 Å². The summed E-state index contributed by atoms with van der Waals surface area (Å²) in [5, 5.41) is 10.1. The minimum absolute atomic E-state index is 0.0332. The number of rotatable bonds is 4. The third-order valence-corrected chi connectivity index (χ3v) is 6.55. The lowest BCUT2D eigenvalue weighted by Crippen LogP contribution is -2.37. The molecule has 2 amide bonds. The number of carboxylic acid groups (broad SMARTS) is 1. The molecule has 1 aromatic carbocycles. The molecule has 2 aliphatic heterocycles. The number of halogens is 1. The zero-order chi connectivity index (χ0) is 19.3. The van der Waals surface area contributed by atoms with E-state index in [0.717, 1.165) is 18.4 Å². The van der Waals surface area contributed by atoms with E-state index in [2.05, 4.69) is 0 Å². The van der Waals surface area contributed by atoms with Gasteiger partial charge in [0.1, 0.15) is 0 Å². The van der Waals surface area contributed by atoms with Gasteiger partial charge < -0.3 is 14.9 Å². The predicted molar refractivity (Wildman–Crippen MR) is 99.0 cm³/mol. The number of benzene rings is 1. The first-order chi connectivity index (χ1) is 12.9. The Kier molecular flexibility index (Phi) is 4.62. The van der Waals surface area contributed by atoms with Gasteiger partial charge in [0.05, 0.1) is 17.9 Å². The molecule has 1 aromatic rings. The molecule has 0 aromatic heterocycles. The van der Waals surface area contributed by atoms with Crippen molar-refractivity contribution in [1.82, 2.24) is 9.80 Å². The van der Waals surface area contributed by atoms with Gasteiger partial charge in [-0.1, -0.05) is 23.7 Å². The Hall–Kier alpha value is -2.08. The fourth-order valence-corrected chi connectivity index (χ4v) is 4.94. The Morgan fingerprint density at radius 1 is 1.19 bits per heavy atom. The van der Waals surface area contributed by atoms with Crippen LogP contribution in [0.1, 0.15) is 30.9 Å². The lowest BCUT2D eigenvalue weighted by atomic mass is 9.92. The molecule has 1 N–H and O–H groups in total. The zero-order valence-electron chi connectivity index (χ0n) is 15.2. The zero-order valence-corrected chi connectivity index (χ0v) is 15.9. The Labute approximate surface area is 163 Å². The van der Waals surface area contributed by atoms with Crippen molar-refractivity contribution in [2.45, 2.75) is 25.3 Å². The number of hydrogen-bond donors (Lipinski definition) is 1. The molecule has 3 fully saturated rings. The topological polar surface area (TPSA) is 77.9 Å². The van der Waals surface area contributed by atoms with Crippen molar-refractivity contribution in [3.8, 4) is 0 Å². The molecule has 27 heavy (non-hydrogen) atoms. The van der Waals surface area contributed by atoms with Crippen LogP contribution < -0.4 is 0 Å². The van der Waals surface area contributed by atoms with E-state index in [1.165, 1.54) is 0 Å². The molecule has 0 spiro atoms. The van der Waals surface area contributed by atoms with Crippen LogP contribution in [0.2, 0.25) is 5.02 Å². The van der Waals surface area contributed by atoms with Crippen LogP contribution in [0.25, 0.3) is 0 Å². The molecule has 3 aliphatic rings. The maximum absolute atomic E-state index is 13.3. The van der Waals surface area contributed by atoms with Crippen molar-refractivity contribution < 1.29 is 19.5 Å². The highest BCUT2D eigenvalue weighted by molar-refractivity contribution is 6.30. The predicted octanol–water partition coefficient (Wildman–Crippen LogP) is 2.43. The molecule has 0 bridgehead atoms. The van der Waals surface area contributed by atoms with E-state index in [9.17, 15) is 19.5 Å². The van der Waals surface area contributed by atoms with E-state index in [0.29, 0.717) is 17.5 Å². The van der Waals surface area contributed by atoms with Gasteiger partial charge in [-0.3, -0.25) is 14.4 Å². The highest BCUT2D eigenvalue weighted by Gasteiger charge is 2.50. The second kappa shape index (κ2) is 6.82. The Bertz CT molecular complexity index is 794. The number of likely N-dealkylation sites (tertiary alicyclic amines) is 2. The molecule has 2 heterocycles. The second-order valence-electron chi connectivity index (χ2n) is 8.00. The fourth-order valence-electron chi connectivity index (χ4n) is 4.74. The summed E-state index contributed by atoms with van der Waals surface area (Å²) in [7, 11) is 1.71. The summed E-state index contributed by atoms with van der Waals surface area (Å²) in [6.45, 7) is 0.725. The highest BCUT2D eigenvalue weighted by Crippen LogP contribution is 2.45. The van der Waals surface area contributed by atoms with Gasteiger partial charge in [-0.05, 0) is 42.4 Å². The van der Waals surface area contributed by atoms with E-state index >= 15 is 0 Å². The summed E-state index contributed by atoms with van der Waals surface area (Å²) in [5.41, 5.74) is 0.835. The normalized spacial score (nSPS) is 30.8. The van der Waals surface area contributed by atoms with Crippen LogP contribution in [-0.2, 0) is 14.4 Å². The van der Waals surface area contributed by atoms with Crippen LogP contribution in [0.3, 0.4) is 0 Å². The quantitative estimate of drug-likeness (QED) is 0.856. The Balaban J connectivity index is 1.58. The van der Waals surface area contributed by atoms with Crippen molar-refractivity contribution in [3.05, 3.63) is 34.9 Å². The summed E-state index contributed by atoms with van der Waals surface area (Å²) in [5.74, 6) is -1.58. The first-order valence-corrected chi connectivity index (χ1v) is 9.77. The Morgan fingerprint density at radius 3 is 2.56 bits per heavy atom. The van der Waals surface area contributed by atoms with Gasteiger partial charge in [-0.25, -0.2) is 0 Å². The molecular formula is C20H23ClN2O4. The number of carbonyl (C=O) groups is 3. The summed E-state index contributed by atoms with van der Waals surface area (Å²) in [6.07, 6.45) is 2.24. The molecule has 1 saturated carbocycles. The van der Waals surface area contributed by atoms with E-state index in [1.807, 2.05) is 12.1 Å². The lowest BCUT2D eigenvalue weighted by Gasteiger charge is -2.28. The number of carbonyl (C=O) groups excluding carboxylic acids is 2. The molecule has 0 radical (unpaired) electrons. The third kappa shape index (κ3) is 3.31. The molecule has 2 unspecified atom stereocenters. The van der Waals surface area contributed by atoms with Crippen LogP contribution in [0.5, 0.6) is 0 Å². The molecule has 1 aliphatic carbocycles. The number of hydrogen-bond acceptors (Lipinski definition) is 3. The van der Waals surface area contributed by atoms with Crippen LogP contribution >= 0.6 is 11.6 Å². The largest absolute Gasteiger partial charge is 0.481 e. The minimum Gasteiger partial charge on any atom is -0.481 e. The standard InChI is InChI=1S/C20H23ClN2O4/c1-22-17(24)8-14(18(22)12-3-2-4-13(21)7-12)19(25)23-9-15(11-5-6-11)16(10-23)20(26)27/h2-4,7,11,14-16,18H,5-6,8-10H2,1H3,(H,26,27)/t14?,15-,16+,18?/m1/s1. The molecular weight excluding hydrogens is 368 g/mol. The molecule has 7 heteroatoms. The average molecular weight is 391 g/mol. The lowest BCUT2D eigenvalue weighted by molar-refractivity contribution is -0.143. The second-order valence-corrected chi connectivity index (χ2v) is 8.44. The van der Waals surface area contributed by atoms with E-state index < -0.39 is 17.8 Å². The minimum atomic E-state index is -0.826. The van der Waals surface area contributed by atoms with Crippen LogP contribution in [0, 0.1) is 23.7 Å². The number of carboxylic acids is 1. The van der Waals surface area contributed by atoms with E-state index in [-0.39, 0.29) is 36.7 Å². The monoisotopic (exact) mass is 390 g/mol. The highest BCUT2D eigenvalue weighted by atomic mass is 35.5. The summed E-state index contributed by atoms with van der Waals surface area (Å²) in [4.78, 5) is 40.6. The first kappa shape index (κ1) is 18.3. The van der Waals surface area contributed by atoms with Crippen LogP contribution in [-0.4, -0.2) is 52.8 Å². The first-order valence-electron chi connectivity index (χ1n) is 9.39. The number of nitrogens with zero attached hydrogens (tertiary/aromatic N) is 2. The van der Waals surface area contributed by atoms with Gasteiger partial charge in [0.15, 0.2) is 0 Å². The van der Waals surface area contributed by atoms with Crippen molar-refractivity contribution in [2.75, 3.05) is 20.1 Å². The van der Waals surface area contributed by atoms with Crippen molar-refractivity contribution in [1.29, 1.82) is 0 Å². The van der Waals surface area contributed by atoms with E-state index in [4.69, 9.17) is 11.6 Å². The summed E-state index contributed by atoms with van der Waals surface area (Å²) >= 11 is 6.11. The fraction of sp³-hybridized carbons (Fsp3) is 0.550. The SMILES string of the molecule is CN1C(=O)CC(C(=O)N2C[C@H](C(=O)O)[C@@H](C3CC3)C2)C1c1cccc(Cl)c1. The average Bonchev–Trinajstić information content (AvgIpc) is 3.30. The molecule has 4 atom stereocenters. The number of amides is 2. The van der Waals surface area contributed by atoms with Gasteiger partial charge in [0.25, 0.3) is 0 Å². The summed E-state index contributed by atoms with van der Waals surface area (Å²) in [6, 6.07) is 6.88. The third-order valence-electron chi connectivity index (χ3n) is 6.32. The molecule has 144 valence electrons. The van der Waals surface area contributed by atoms with E-state index in [1.54, 1.807) is 29.0 Å². The van der Waals surface area contributed by atoms with Gasteiger partial charge in [-0.15, -0.1) is 0 Å². The molecule has 2 saturated heterocycles. The van der Waals surface area contributed by atoms with Gasteiger partial charge >= 0.3 is 5.97 Å². The Morgan fingerprint density at radius 2 is 1.93 bits per heavy atom. The smallest absolute Gasteiger partial charge is 0.308 e. The van der Waals surface area contributed by atoms with Crippen molar-refractivity contribution in [3.63, 3.8) is 0 Å².